The monoisotopic (exact) mass is 289 g/mol. The molecular weight excluding hydrogens is 274 g/mol. The fourth-order valence-corrected chi connectivity index (χ4v) is 2.59. The number of rotatable bonds is 5. The van der Waals surface area contributed by atoms with E-state index in [1.165, 1.54) is 6.07 Å². The van der Waals surface area contributed by atoms with Gasteiger partial charge < -0.3 is 10.4 Å². The third-order valence-electron chi connectivity index (χ3n) is 2.93. The first-order valence-electron chi connectivity index (χ1n) is 6.21. The van der Waals surface area contributed by atoms with Gasteiger partial charge in [-0.05, 0) is 36.1 Å². The molecule has 2 rings (SSSR count). The third-order valence-corrected chi connectivity index (χ3v) is 3.80. The number of carboxylic acids is 1. The number of amides is 1. The molecule has 20 heavy (non-hydrogen) atoms. The highest BCUT2D eigenvalue weighted by Crippen LogP contribution is 2.15. The molecule has 0 aliphatic carbocycles. The third kappa shape index (κ3) is 3.68. The minimum Gasteiger partial charge on any atom is -0.478 e. The predicted molar refractivity (Wildman–Crippen MR) is 78.0 cm³/mol. The van der Waals surface area contributed by atoms with Crippen molar-refractivity contribution < 1.29 is 14.7 Å². The molecule has 4 nitrogen and oxygen atoms in total. The number of aromatic carboxylic acids is 1. The van der Waals surface area contributed by atoms with Crippen LogP contribution in [0.5, 0.6) is 0 Å². The van der Waals surface area contributed by atoms with E-state index in [-0.39, 0.29) is 17.5 Å². The number of thiophene rings is 1. The van der Waals surface area contributed by atoms with Crippen molar-refractivity contribution in [3.05, 3.63) is 57.8 Å². The van der Waals surface area contributed by atoms with Crippen molar-refractivity contribution in [3.8, 4) is 0 Å². The predicted octanol–water partition coefficient (Wildman–Crippen LogP) is 2.87. The smallest absolute Gasteiger partial charge is 0.335 e. The lowest BCUT2D eigenvalue weighted by Crippen LogP contribution is -2.27. The van der Waals surface area contributed by atoms with Crippen LogP contribution in [0.2, 0.25) is 0 Å². The number of hydrogen-bond acceptors (Lipinski definition) is 3. The van der Waals surface area contributed by atoms with Gasteiger partial charge in [0.15, 0.2) is 0 Å². The molecule has 1 amide bonds. The molecule has 2 N–H and O–H groups in total. The van der Waals surface area contributed by atoms with E-state index < -0.39 is 5.97 Å². The summed E-state index contributed by atoms with van der Waals surface area (Å²) in [5.41, 5.74) is 1.01. The second-order valence-electron chi connectivity index (χ2n) is 4.48. The second kappa shape index (κ2) is 6.34. The summed E-state index contributed by atoms with van der Waals surface area (Å²) in [5, 5.41) is 13.8. The molecule has 5 heteroatoms. The van der Waals surface area contributed by atoms with Crippen LogP contribution < -0.4 is 5.32 Å². The van der Waals surface area contributed by atoms with Crippen LogP contribution in [0.4, 0.5) is 0 Å². The van der Waals surface area contributed by atoms with Gasteiger partial charge in [-0.15, -0.1) is 11.3 Å². The Morgan fingerprint density at radius 2 is 2.10 bits per heavy atom. The molecule has 0 fully saturated rings. The second-order valence-corrected chi connectivity index (χ2v) is 5.51. The Labute approximate surface area is 121 Å². The van der Waals surface area contributed by atoms with Crippen LogP contribution in [0.25, 0.3) is 0 Å². The number of hydrogen-bond donors (Lipinski definition) is 2. The molecule has 104 valence electrons. The molecule has 0 radical (unpaired) electrons. The van der Waals surface area contributed by atoms with E-state index in [2.05, 4.69) is 5.32 Å². The van der Waals surface area contributed by atoms with Gasteiger partial charge in [0.2, 0.25) is 5.91 Å². The van der Waals surface area contributed by atoms with Crippen molar-refractivity contribution in [1.29, 1.82) is 0 Å². The normalized spacial score (nSPS) is 11.8. The van der Waals surface area contributed by atoms with Gasteiger partial charge in [-0.1, -0.05) is 18.2 Å². The van der Waals surface area contributed by atoms with Gasteiger partial charge in [-0.25, -0.2) is 4.79 Å². The number of nitrogens with one attached hydrogen (secondary N) is 1. The standard InChI is InChI=1S/C15H15NO3S/c1-10(11-4-2-5-12(8-11)15(18)19)16-14(17)9-13-6-3-7-20-13/h2-8,10H,9H2,1H3,(H,16,17)(H,18,19). The van der Waals surface area contributed by atoms with Gasteiger partial charge in [0.25, 0.3) is 0 Å². The molecule has 0 aliphatic heterocycles. The molecule has 1 heterocycles. The Kier molecular flexibility index (Phi) is 4.53. The fraction of sp³-hybridized carbons (Fsp3) is 0.200. The van der Waals surface area contributed by atoms with E-state index in [1.807, 2.05) is 30.5 Å². The van der Waals surface area contributed by atoms with Gasteiger partial charge in [0.05, 0.1) is 18.0 Å². The molecule has 1 aromatic carbocycles. The lowest BCUT2D eigenvalue weighted by atomic mass is 10.1. The van der Waals surface area contributed by atoms with Crippen molar-refractivity contribution in [2.24, 2.45) is 0 Å². The Balaban J connectivity index is 2.00. The van der Waals surface area contributed by atoms with E-state index in [4.69, 9.17) is 5.11 Å². The van der Waals surface area contributed by atoms with Gasteiger partial charge >= 0.3 is 5.97 Å². The summed E-state index contributed by atoms with van der Waals surface area (Å²) in [6.45, 7) is 1.84. The molecule has 1 unspecified atom stereocenters. The quantitative estimate of drug-likeness (QED) is 0.889. The molecule has 0 aliphatic rings. The minimum absolute atomic E-state index is 0.0688. The first-order chi connectivity index (χ1) is 9.56. The number of carbonyl (C=O) groups excluding carboxylic acids is 1. The molecule has 2 aromatic rings. The Morgan fingerprint density at radius 3 is 2.75 bits per heavy atom. The first-order valence-corrected chi connectivity index (χ1v) is 7.09. The zero-order valence-corrected chi connectivity index (χ0v) is 11.8. The fourth-order valence-electron chi connectivity index (χ4n) is 1.89. The lowest BCUT2D eigenvalue weighted by molar-refractivity contribution is -0.121. The molecule has 0 saturated heterocycles. The van der Waals surface area contributed by atoms with E-state index in [9.17, 15) is 9.59 Å². The largest absolute Gasteiger partial charge is 0.478 e. The highest BCUT2D eigenvalue weighted by atomic mass is 32.1. The summed E-state index contributed by atoms with van der Waals surface area (Å²) in [7, 11) is 0. The van der Waals surface area contributed by atoms with Crippen LogP contribution >= 0.6 is 11.3 Å². The SMILES string of the molecule is CC(NC(=O)Cc1cccs1)c1cccc(C(=O)O)c1. The van der Waals surface area contributed by atoms with E-state index in [0.29, 0.717) is 6.42 Å². The van der Waals surface area contributed by atoms with Gasteiger partial charge in [-0.3, -0.25) is 4.79 Å². The van der Waals surface area contributed by atoms with Crippen LogP contribution in [0, 0.1) is 0 Å². The maximum Gasteiger partial charge on any atom is 0.335 e. The van der Waals surface area contributed by atoms with Crippen molar-refractivity contribution in [1.82, 2.24) is 5.32 Å². The molecule has 0 bridgehead atoms. The number of benzene rings is 1. The van der Waals surface area contributed by atoms with Crippen LogP contribution in [0.15, 0.2) is 41.8 Å². The minimum atomic E-state index is -0.969. The number of carbonyl (C=O) groups is 2. The topological polar surface area (TPSA) is 66.4 Å². The van der Waals surface area contributed by atoms with Crippen LogP contribution in [-0.4, -0.2) is 17.0 Å². The van der Waals surface area contributed by atoms with Gasteiger partial charge in [-0.2, -0.15) is 0 Å². The lowest BCUT2D eigenvalue weighted by Gasteiger charge is -2.14. The average molecular weight is 289 g/mol. The highest BCUT2D eigenvalue weighted by molar-refractivity contribution is 7.10. The zero-order chi connectivity index (χ0) is 14.5. The van der Waals surface area contributed by atoms with Crippen molar-refractivity contribution in [2.75, 3.05) is 0 Å². The van der Waals surface area contributed by atoms with E-state index in [0.717, 1.165) is 10.4 Å². The van der Waals surface area contributed by atoms with Gasteiger partial charge in [0.1, 0.15) is 0 Å². The molecule has 1 atom stereocenters. The highest BCUT2D eigenvalue weighted by Gasteiger charge is 2.12. The summed E-state index contributed by atoms with van der Waals surface area (Å²) in [6.07, 6.45) is 0.348. The number of carboxylic acid groups (broad SMARTS) is 1. The van der Waals surface area contributed by atoms with Crippen LogP contribution in [0.3, 0.4) is 0 Å². The van der Waals surface area contributed by atoms with Gasteiger partial charge in [0, 0.05) is 4.88 Å². The summed E-state index contributed by atoms with van der Waals surface area (Å²) < 4.78 is 0. The van der Waals surface area contributed by atoms with Crippen LogP contribution in [-0.2, 0) is 11.2 Å². The van der Waals surface area contributed by atoms with E-state index >= 15 is 0 Å². The molecule has 1 aromatic heterocycles. The zero-order valence-electron chi connectivity index (χ0n) is 11.0. The molecular formula is C15H15NO3S. The Morgan fingerprint density at radius 1 is 1.30 bits per heavy atom. The van der Waals surface area contributed by atoms with Crippen molar-refractivity contribution in [3.63, 3.8) is 0 Å². The first kappa shape index (κ1) is 14.3. The van der Waals surface area contributed by atoms with Crippen molar-refractivity contribution >= 4 is 23.2 Å². The molecule has 0 saturated carbocycles. The van der Waals surface area contributed by atoms with Crippen molar-refractivity contribution in [2.45, 2.75) is 19.4 Å². The maximum atomic E-state index is 11.9. The Bertz CT molecular complexity index is 607. The summed E-state index contributed by atoms with van der Waals surface area (Å²) in [4.78, 5) is 23.8. The van der Waals surface area contributed by atoms with Crippen LogP contribution in [0.1, 0.15) is 33.8 Å². The maximum absolute atomic E-state index is 11.9. The molecule has 0 spiro atoms. The Hall–Kier alpha value is -2.14. The summed E-state index contributed by atoms with van der Waals surface area (Å²) >= 11 is 1.54. The summed E-state index contributed by atoms with van der Waals surface area (Å²) in [6, 6.07) is 10.2. The van der Waals surface area contributed by atoms with E-state index in [1.54, 1.807) is 23.5 Å². The summed E-state index contributed by atoms with van der Waals surface area (Å²) in [5.74, 6) is -1.04. The average Bonchev–Trinajstić information content (AvgIpc) is 2.91.